The largest absolute Gasteiger partial charge is 0.468 e. The van der Waals surface area contributed by atoms with Gasteiger partial charge in [0.25, 0.3) is 5.56 Å². The van der Waals surface area contributed by atoms with Crippen molar-refractivity contribution in [1.82, 2.24) is 14.7 Å². The van der Waals surface area contributed by atoms with Gasteiger partial charge in [0.15, 0.2) is 0 Å². The summed E-state index contributed by atoms with van der Waals surface area (Å²) in [6.45, 7) is -0.00461. The Labute approximate surface area is 123 Å². The molecular formula is C13H11N3O5S. The molecule has 0 radical (unpaired) electrons. The predicted octanol–water partition coefficient (Wildman–Crippen LogP) is 0.288. The topological polar surface area (TPSA) is 125 Å². The van der Waals surface area contributed by atoms with E-state index in [1.807, 2.05) is 4.98 Å². The maximum Gasteiger partial charge on any atom is 0.326 e. The molecule has 2 aromatic heterocycles. The van der Waals surface area contributed by atoms with E-state index in [1.54, 1.807) is 12.1 Å². The van der Waals surface area contributed by atoms with Crippen molar-refractivity contribution in [3.05, 3.63) is 63.2 Å². The number of aromatic nitrogens is 2. The number of H-pyrrole nitrogens is 2. The van der Waals surface area contributed by atoms with Gasteiger partial charge in [-0.15, -0.1) is 0 Å². The predicted molar refractivity (Wildman–Crippen MR) is 77.9 cm³/mol. The zero-order chi connectivity index (χ0) is 15.7. The molecule has 0 atom stereocenters. The van der Waals surface area contributed by atoms with Crippen molar-refractivity contribution in [2.75, 3.05) is 0 Å². The molecule has 0 saturated heterocycles. The summed E-state index contributed by atoms with van der Waals surface area (Å²) in [6, 6.07) is 7.16. The molecule has 0 amide bonds. The Morgan fingerprint density at radius 3 is 2.68 bits per heavy atom. The Hall–Kier alpha value is -2.65. The Morgan fingerprint density at radius 2 is 1.95 bits per heavy atom. The second kappa shape index (κ2) is 5.28. The maximum atomic E-state index is 12.2. The van der Waals surface area contributed by atoms with Crippen LogP contribution in [-0.2, 0) is 16.6 Å². The monoisotopic (exact) mass is 321 g/mol. The second-order valence-electron chi connectivity index (χ2n) is 4.52. The number of hydrogen-bond donors (Lipinski definition) is 3. The molecule has 0 bridgehead atoms. The van der Waals surface area contributed by atoms with Gasteiger partial charge in [0, 0.05) is 0 Å². The third-order valence-corrected chi connectivity index (χ3v) is 4.44. The zero-order valence-corrected chi connectivity index (χ0v) is 11.9. The SMILES string of the molecule is O=c1[nH]c(=O)c2cc(S(=O)(=O)NCc3ccco3)ccc2[nH]1. The summed E-state index contributed by atoms with van der Waals surface area (Å²) >= 11 is 0. The van der Waals surface area contributed by atoms with E-state index in [0.717, 1.165) is 0 Å². The van der Waals surface area contributed by atoms with Gasteiger partial charge in [0.05, 0.1) is 28.6 Å². The van der Waals surface area contributed by atoms with E-state index >= 15 is 0 Å². The molecule has 2 heterocycles. The van der Waals surface area contributed by atoms with E-state index in [4.69, 9.17) is 4.42 Å². The average molecular weight is 321 g/mol. The van der Waals surface area contributed by atoms with Gasteiger partial charge in [-0.2, -0.15) is 0 Å². The van der Waals surface area contributed by atoms with E-state index in [0.29, 0.717) is 5.76 Å². The van der Waals surface area contributed by atoms with E-state index in [-0.39, 0.29) is 22.3 Å². The molecule has 0 saturated carbocycles. The maximum absolute atomic E-state index is 12.2. The fraction of sp³-hybridized carbons (Fsp3) is 0.0769. The highest BCUT2D eigenvalue weighted by Crippen LogP contribution is 2.14. The normalized spacial score (nSPS) is 11.8. The summed E-state index contributed by atoms with van der Waals surface area (Å²) in [5, 5.41) is 0.0838. The summed E-state index contributed by atoms with van der Waals surface area (Å²) in [6.07, 6.45) is 1.44. The number of fused-ring (bicyclic) bond motifs is 1. The smallest absolute Gasteiger partial charge is 0.326 e. The number of aromatic amines is 2. The van der Waals surface area contributed by atoms with Crippen molar-refractivity contribution in [1.29, 1.82) is 0 Å². The van der Waals surface area contributed by atoms with Crippen molar-refractivity contribution in [2.45, 2.75) is 11.4 Å². The molecule has 0 aliphatic heterocycles. The van der Waals surface area contributed by atoms with Gasteiger partial charge >= 0.3 is 5.69 Å². The standard InChI is InChI=1S/C13H11N3O5S/c17-12-10-6-9(3-4-11(10)15-13(18)16-12)22(19,20)14-7-8-2-1-5-21-8/h1-6,14H,7H2,(H2,15,16,17,18). The number of benzene rings is 1. The van der Waals surface area contributed by atoms with Crippen molar-refractivity contribution in [3.8, 4) is 0 Å². The van der Waals surface area contributed by atoms with Crippen LogP contribution in [0, 0.1) is 0 Å². The number of hydrogen-bond acceptors (Lipinski definition) is 5. The summed E-state index contributed by atoms with van der Waals surface area (Å²) < 4.78 is 31.8. The Bertz CT molecular complexity index is 1030. The summed E-state index contributed by atoms with van der Waals surface area (Å²) in [7, 11) is -3.81. The molecule has 1 aromatic carbocycles. The van der Waals surface area contributed by atoms with E-state index in [1.165, 1.54) is 24.5 Å². The van der Waals surface area contributed by atoms with Gasteiger partial charge in [0.1, 0.15) is 5.76 Å². The highest BCUT2D eigenvalue weighted by Gasteiger charge is 2.16. The molecule has 3 rings (SSSR count). The van der Waals surface area contributed by atoms with Crippen LogP contribution in [0.1, 0.15) is 5.76 Å². The molecule has 114 valence electrons. The van der Waals surface area contributed by atoms with Crippen LogP contribution >= 0.6 is 0 Å². The molecule has 0 spiro atoms. The number of furan rings is 1. The first-order valence-corrected chi connectivity index (χ1v) is 7.72. The van der Waals surface area contributed by atoms with Crippen molar-refractivity contribution in [2.24, 2.45) is 0 Å². The van der Waals surface area contributed by atoms with Gasteiger partial charge in [-0.3, -0.25) is 9.78 Å². The minimum absolute atomic E-state index is 0.00461. The molecular weight excluding hydrogens is 310 g/mol. The molecule has 0 aliphatic carbocycles. The summed E-state index contributed by atoms with van der Waals surface area (Å²) in [4.78, 5) is 27.3. The van der Waals surface area contributed by atoms with E-state index in [2.05, 4.69) is 9.71 Å². The quantitative estimate of drug-likeness (QED) is 0.637. The van der Waals surface area contributed by atoms with Crippen LogP contribution < -0.4 is 16.0 Å². The van der Waals surface area contributed by atoms with Gasteiger partial charge in [-0.05, 0) is 30.3 Å². The first kappa shape index (κ1) is 14.3. The van der Waals surface area contributed by atoms with Crippen LogP contribution in [0.4, 0.5) is 0 Å². The Balaban J connectivity index is 1.98. The Morgan fingerprint density at radius 1 is 1.14 bits per heavy atom. The van der Waals surface area contributed by atoms with Gasteiger partial charge < -0.3 is 9.40 Å². The molecule has 8 nitrogen and oxygen atoms in total. The molecule has 0 fully saturated rings. The molecule has 22 heavy (non-hydrogen) atoms. The fourth-order valence-electron chi connectivity index (χ4n) is 1.97. The molecule has 3 N–H and O–H groups in total. The average Bonchev–Trinajstić information content (AvgIpc) is 2.98. The molecule has 0 unspecified atom stereocenters. The molecule has 3 aromatic rings. The van der Waals surface area contributed by atoms with Crippen LogP contribution in [0.2, 0.25) is 0 Å². The third kappa shape index (κ3) is 2.71. The lowest BCUT2D eigenvalue weighted by atomic mass is 10.2. The minimum Gasteiger partial charge on any atom is -0.468 e. The number of rotatable bonds is 4. The molecule has 0 aliphatic rings. The highest BCUT2D eigenvalue weighted by molar-refractivity contribution is 7.89. The van der Waals surface area contributed by atoms with Crippen molar-refractivity contribution in [3.63, 3.8) is 0 Å². The first-order valence-electron chi connectivity index (χ1n) is 6.24. The lowest BCUT2D eigenvalue weighted by Crippen LogP contribution is -2.24. The number of nitrogens with one attached hydrogen (secondary N) is 3. The first-order chi connectivity index (χ1) is 10.5. The van der Waals surface area contributed by atoms with Crippen LogP contribution in [0.5, 0.6) is 0 Å². The van der Waals surface area contributed by atoms with E-state index < -0.39 is 21.3 Å². The number of sulfonamides is 1. The fourth-order valence-corrected chi connectivity index (χ4v) is 2.99. The lowest BCUT2D eigenvalue weighted by Gasteiger charge is -2.06. The van der Waals surface area contributed by atoms with Gasteiger partial charge in [-0.1, -0.05) is 0 Å². The van der Waals surface area contributed by atoms with Crippen LogP contribution in [-0.4, -0.2) is 18.4 Å². The molecule has 9 heteroatoms. The summed E-state index contributed by atoms with van der Waals surface area (Å²) in [5.41, 5.74) is -1.04. The van der Waals surface area contributed by atoms with Crippen LogP contribution in [0.15, 0.2) is 55.5 Å². The van der Waals surface area contributed by atoms with Crippen LogP contribution in [0.3, 0.4) is 0 Å². The Kier molecular flexibility index (Phi) is 3.43. The summed E-state index contributed by atoms with van der Waals surface area (Å²) in [5.74, 6) is 0.464. The van der Waals surface area contributed by atoms with Gasteiger partial charge in [0.2, 0.25) is 10.0 Å². The highest BCUT2D eigenvalue weighted by atomic mass is 32.2. The van der Waals surface area contributed by atoms with Crippen LogP contribution in [0.25, 0.3) is 10.9 Å². The lowest BCUT2D eigenvalue weighted by molar-refractivity contribution is 0.498. The third-order valence-electron chi connectivity index (χ3n) is 3.04. The second-order valence-corrected chi connectivity index (χ2v) is 6.29. The van der Waals surface area contributed by atoms with Crippen molar-refractivity contribution >= 4 is 20.9 Å². The van der Waals surface area contributed by atoms with Gasteiger partial charge in [-0.25, -0.2) is 17.9 Å². The minimum atomic E-state index is -3.81. The van der Waals surface area contributed by atoms with E-state index in [9.17, 15) is 18.0 Å². The van der Waals surface area contributed by atoms with Crippen molar-refractivity contribution < 1.29 is 12.8 Å². The zero-order valence-electron chi connectivity index (χ0n) is 11.1.